The summed E-state index contributed by atoms with van der Waals surface area (Å²) in [4.78, 5) is 11.4. The maximum Gasteiger partial charge on any atom is 0.219 e. The van der Waals surface area contributed by atoms with Gasteiger partial charge in [-0.05, 0) is 11.6 Å². The van der Waals surface area contributed by atoms with Crippen molar-refractivity contribution in [3.8, 4) is 0 Å². The first kappa shape index (κ1) is 11.7. The van der Waals surface area contributed by atoms with E-state index in [1.807, 2.05) is 31.2 Å². The van der Waals surface area contributed by atoms with Crippen LogP contribution in [0.25, 0.3) is 0 Å². The summed E-state index contributed by atoms with van der Waals surface area (Å²) in [7, 11) is 0. The summed E-state index contributed by atoms with van der Waals surface area (Å²) in [5.74, 6) is 0.0377. The van der Waals surface area contributed by atoms with Crippen molar-refractivity contribution in [3.63, 3.8) is 0 Å². The fourth-order valence-electron chi connectivity index (χ4n) is 1.16. The first-order chi connectivity index (χ1) is 7.13. The molecule has 0 aliphatic heterocycles. The van der Waals surface area contributed by atoms with E-state index in [0.29, 0.717) is 18.0 Å². The van der Waals surface area contributed by atoms with E-state index in [2.05, 4.69) is 5.32 Å². The number of benzene rings is 1. The molecule has 1 amide bonds. The van der Waals surface area contributed by atoms with Crippen LogP contribution in [0.15, 0.2) is 24.3 Å². The molecule has 0 aromatic heterocycles. The Morgan fingerprint density at radius 1 is 1.53 bits per heavy atom. The number of amides is 1. The smallest absolute Gasteiger partial charge is 0.219 e. The quantitative estimate of drug-likeness (QED) is 0.756. The zero-order valence-electron chi connectivity index (χ0n) is 8.62. The third kappa shape index (κ3) is 3.67. The van der Waals surface area contributed by atoms with Crippen LogP contribution in [0, 0.1) is 0 Å². The van der Waals surface area contributed by atoms with Gasteiger partial charge in [0.1, 0.15) is 4.99 Å². The lowest BCUT2D eigenvalue weighted by atomic mass is 10.1. The molecule has 0 bridgehead atoms. The SMILES string of the molecule is CCC(=O)NCc1cccc(C(N)=S)c1. The second-order valence-electron chi connectivity index (χ2n) is 3.19. The Kier molecular flexibility index (Phi) is 4.24. The van der Waals surface area contributed by atoms with Crippen molar-refractivity contribution in [1.29, 1.82) is 0 Å². The van der Waals surface area contributed by atoms with E-state index in [0.717, 1.165) is 11.1 Å². The van der Waals surface area contributed by atoms with E-state index in [9.17, 15) is 4.79 Å². The third-order valence-electron chi connectivity index (χ3n) is 2.02. The van der Waals surface area contributed by atoms with E-state index in [-0.39, 0.29) is 5.91 Å². The molecule has 4 heteroatoms. The highest BCUT2D eigenvalue weighted by Crippen LogP contribution is 2.04. The standard InChI is InChI=1S/C11H14N2OS/c1-2-10(14)13-7-8-4-3-5-9(6-8)11(12)15/h3-6H,2,7H2,1H3,(H2,12,15)(H,13,14). The van der Waals surface area contributed by atoms with E-state index >= 15 is 0 Å². The Morgan fingerprint density at radius 3 is 2.87 bits per heavy atom. The zero-order valence-corrected chi connectivity index (χ0v) is 9.43. The summed E-state index contributed by atoms with van der Waals surface area (Å²) < 4.78 is 0. The second kappa shape index (κ2) is 5.46. The zero-order chi connectivity index (χ0) is 11.3. The summed E-state index contributed by atoms with van der Waals surface area (Å²) in [5.41, 5.74) is 7.34. The monoisotopic (exact) mass is 222 g/mol. The van der Waals surface area contributed by atoms with E-state index < -0.39 is 0 Å². The van der Waals surface area contributed by atoms with Crippen LogP contribution < -0.4 is 11.1 Å². The van der Waals surface area contributed by atoms with Gasteiger partial charge in [-0.15, -0.1) is 0 Å². The predicted octanol–water partition coefficient (Wildman–Crippen LogP) is 1.35. The van der Waals surface area contributed by atoms with Crippen LogP contribution in [0.5, 0.6) is 0 Å². The number of rotatable bonds is 4. The molecule has 80 valence electrons. The lowest BCUT2D eigenvalue weighted by Gasteiger charge is -2.05. The van der Waals surface area contributed by atoms with Gasteiger partial charge in [0.15, 0.2) is 0 Å². The Hall–Kier alpha value is -1.42. The summed E-state index contributed by atoms with van der Waals surface area (Å²) in [5, 5.41) is 2.79. The Morgan fingerprint density at radius 2 is 2.27 bits per heavy atom. The predicted molar refractivity (Wildman–Crippen MR) is 64.5 cm³/mol. The lowest BCUT2D eigenvalue weighted by Crippen LogP contribution is -2.21. The molecule has 1 aromatic rings. The summed E-state index contributed by atoms with van der Waals surface area (Å²) in [6.45, 7) is 2.34. The molecule has 0 saturated carbocycles. The van der Waals surface area contributed by atoms with Crippen molar-refractivity contribution in [2.45, 2.75) is 19.9 Å². The number of hydrogen-bond acceptors (Lipinski definition) is 2. The van der Waals surface area contributed by atoms with Crippen LogP contribution in [0.1, 0.15) is 24.5 Å². The highest BCUT2D eigenvalue weighted by Gasteiger charge is 2.00. The largest absolute Gasteiger partial charge is 0.389 e. The van der Waals surface area contributed by atoms with Crippen molar-refractivity contribution in [2.75, 3.05) is 0 Å². The first-order valence-corrected chi connectivity index (χ1v) is 5.19. The number of thiocarbonyl (C=S) groups is 1. The first-order valence-electron chi connectivity index (χ1n) is 4.79. The molecule has 0 aliphatic carbocycles. The summed E-state index contributed by atoms with van der Waals surface area (Å²) in [6, 6.07) is 7.55. The summed E-state index contributed by atoms with van der Waals surface area (Å²) in [6.07, 6.45) is 0.495. The number of nitrogens with two attached hydrogens (primary N) is 1. The van der Waals surface area contributed by atoms with E-state index in [1.54, 1.807) is 0 Å². The number of nitrogens with one attached hydrogen (secondary N) is 1. The van der Waals surface area contributed by atoms with Gasteiger partial charge < -0.3 is 11.1 Å². The molecule has 15 heavy (non-hydrogen) atoms. The molecule has 1 aromatic carbocycles. The fourth-order valence-corrected chi connectivity index (χ4v) is 1.29. The third-order valence-corrected chi connectivity index (χ3v) is 2.26. The highest BCUT2D eigenvalue weighted by molar-refractivity contribution is 7.80. The molecule has 0 saturated heterocycles. The maximum absolute atomic E-state index is 11.0. The van der Waals surface area contributed by atoms with Crippen LogP contribution in [0.4, 0.5) is 0 Å². The van der Waals surface area contributed by atoms with Crippen LogP contribution in [0.2, 0.25) is 0 Å². The minimum Gasteiger partial charge on any atom is -0.389 e. The minimum absolute atomic E-state index is 0.0377. The summed E-state index contributed by atoms with van der Waals surface area (Å²) >= 11 is 4.87. The van der Waals surface area contributed by atoms with E-state index in [1.165, 1.54) is 0 Å². The molecule has 1 rings (SSSR count). The van der Waals surface area contributed by atoms with Gasteiger partial charge in [0.2, 0.25) is 5.91 Å². The molecule has 0 fully saturated rings. The molecule has 0 aliphatic rings. The molecule has 0 atom stereocenters. The van der Waals surface area contributed by atoms with Gasteiger partial charge in [-0.2, -0.15) is 0 Å². The number of hydrogen-bond donors (Lipinski definition) is 2. The van der Waals surface area contributed by atoms with Crippen LogP contribution in [-0.4, -0.2) is 10.9 Å². The molecule has 0 radical (unpaired) electrons. The van der Waals surface area contributed by atoms with Gasteiger partial charge >= 0.3 is 0 Å². The Bertz CT molecular complexity index is 377. The van der Waals surface area contributed by atoms with Crippen molar-refractivity contribution in [3.05, 3.63) is 35.4 Å². The second-order valence-corrected chi connectivity index (χ2v) is 3.63. The fraction of sp³-hybridized carbons (Fsp3) is 0.273. The lowest BCUT2D eigenvalue weighted by molar-refractivity contribution is -0.120. The van der Waals surface area contributed by atoms with Gasteiger partial charge in [0.05, 0.1) is 0 Å². The molecular weight excluding hydrogens is 208 g/mol. The minimum atomic E-state index is 0.0377. The van der Waals surface area contributed by atoms with Crippen molar-refractivity contribution < 1.29 is 4.79 Å². The molecule has 0 spiro atoms. The van der Waals surface area contributed by atoms with Crippen molar-refractivity contribution >= 4 is 23.1 Å². The Labute approximate surface area is 94.7 Å². The average molecular weight is 222 g/mol. The molecular formula is C11H14N2OS. The van der Waals surface area contributed by atoms with Gasteiger partial charge in [-0.1, -0.05) is 37.3 Å². The van der Waals surface area contributed by atoms with Crippen LogP contribution >= 0.6 is 12.2 Å². The van der Waals surface area contributed by atoms with Gasteiger partial charge in [-0.3, -0.25) is 4.79 Å². The van der Waals surface area contributed by atoms with Crippen LogP contribution in [-0.2, 0) is 11.3 Å². The molecule has 0 unspecified atom stereocenters. The van der Waals surface area contributed by atoms with Gasteiger partial charge in [-0.25, -0.2) is 0 Å². The Balaban J connectivity index is 2.66. The number of carbonyl (C=O) groups excluding carboxylic acids is 1. The topological polar surface area (TPSA) is 55.1 Å². The normalized spacial score (nSPS) is 9.67. The maximum atomic E-state index is 11.0. The van der Waals surface area contributed by atoms with Gasteiger partial charge in [0, 0.05) is 18.5 Å². The van der Waals surface area contributed by atoms with Crippen molar-refractivity contribution in [1.82, 2.24) is 5.32 Å². The molecule has 3 nitrogen and oxygen atoms in total. The average Bonchev–Trinajstić information content (AvgIpc) is 2.26. The molecule has 3 N–H and O–H groups in total. The highest BCUT2D eigenvalue weighted by atomic mass is 32.1. The van der Waals surface area contributed by atoms with E-state index in [4.69, 9.17) is 18.0 Å². The van der Waals surface area contributed by atoms with Gasteiger partial charge in [0.25, 0.3) is 0 Å². The molecule has 0 heterocycles. The number of carbonyl (C=O) groups is 1. The van der Waals surface area contributed by atoms with Crippen molar-refractivity contribution in [2.24, 2.45) is 5.73 Å². The van der Waals surface area contributed by atoms with Crippen LogP contribution in [0.3, 0.4) is 0 Å².